The maximum absolute atomic E-state index is 14.3. The topological polar surface area (TPSA) is 123 Å². The monoisotopic (exact) mass is 567 g/mol. The molecule has 2 saturated heterocycles. The molecule has 0 unspecified atom stereocenters. The minimum absolute atomic E-state index is 0.228. The molecular weight excluding hydrogens is 542 g/mol. The van der Waals surface area contributed by atoms with E-state index in [1.807, 2.05) is 37.4 Å². The van der Waals surface area contributed by atoms with Crippen LogP contribution in [0.1, 0.15) is 23.6 Å². The third-order valence-electron chi connectivity index (χ3n) is 8.55. The Morgan fingerprint density at radius 3 is 2.56 bits per heavy atom. The molecule has 10 heteroatoms. The van der Waals surface area contributed by atoms with E-state index >= 15 is 0 Å². The number of benzene rings is 3. The fourth-order valence-corrected chi connectivity index (χ4v) is 7.17. The number of aromatic amines is 1. The zero-order chi connectivity index (χ0) is 28.6. The summed E-state index contributed by atoms with van der Waals surface area (Å²) in [4.78, 5) is 58.3. The van der Waals surface area contributed by atoms with Gasteiger partial charge in [0.25, 0.3) is 0 Å². The van der Waals surface area contributed by atoms with Crippen LogP contribution in [0.25, 0.3) is 10.9 Å². The second kappa shape index (κ2) is 9.02. The summed E-state index contributed by atoms with van der Waals surface area (Å²) in [7, 11) is 0. The molecule has 4 N–H and O–H groups in total. The fourth-order valence-electron chi connectivity index (χ4n) is 6.90. The molecular formula is C31H26ClN5O4. The van der Waals surface area contributed by atoms with E-state index in [2.05, 4.69) is 20.9 Å². The summed E-state index contributed by atoms with van der Waals surface area (Å²) in [5, 5.41) is 10.6. The second-order valence-electron chi connectivity index (χ2n) is 11.0. The van der Waals surface area contributed by atoms with Crippen LogP contribution in [0, 0.1) is 18.8 Å². The molecule has 1 spiro atoms. The van der Waals surface area contributed by atoms with E-state index in [1.54, 1.807) is 36.4 Å². The van der Waals surface area contributed by atoms with Gasteiger partial charge in [0.1, 0.15) is 5.54 Å². The van der Waals surface area contributed by atoms with Crippen LogP contribution in [0.3, 0.4) is 0 Å². The summed E-state index contributed by atoms with van der Waals surface area (Å²) in [6.07, 6.45) is 2.33. The zero-order valence-electron chi connectivity index (χ0n) is 22.2. The number of halogens is 1. The van der Waals surface area contributed by atoms with Crippen molar-refractivity contribution in [3.63, 3.8) is 0 Å². The molecule has 1 aromatic heterocycles. The van der Waals surface area contributed by atoms with Gasteiger partial charge in [-0.15, -0.1) is 0 Å². The van der Waals surface area contributed by atoms with Gasteiger partial charge in [-0.3, -0.25) is 24.5 Å². The summed E-state index contributed by atoms with van der Waals surface area (Å²) < 4.78 is 0. The van der Waals surface area contributed by atoms with Gasteiger partial charge in [0.15, 0.2) is 0 Å². The maximum atomic E-state index is 14.3. The molecule has 4 amide bonds. The quantitative estimate of drug-likeness (QED) is 0.274. The number of para-hydroxylation sites is 1. The average molecular weight is 568 g/mol. The third-order valence-corrected chi connectivity index (χ3v) is 8.76. The van der Waals surface area contributed by atoms with Gasteiger partial charge >= 0.3 is 0 Å². The Morgan fingerprint density at radius 1 is 1.05 bits per heavy atom. The molecule has 3 aromatic carbocycles. The highest BCUT2D eigenvalue weighted by atomic mass is 35.5. The number of nitrogens with one attached hydrogen (secondary N) is 4. The van der Waals surface area contributed by atoms with Crippen LogP contribution in [0.15, 0.2) is 66.9 Å². The SMILES string of the molecule is CC(=O)Nc1ccc(N2C(=O)[C@@H]3[C@H](Cc4c[nH]c5ccccc45)N[C@]4(C(=O)Nc5c(C)cc(Cl)cc54)[C@@H]3C2=O)cc1. The molecule has 4 heterocycles. The molecule has 9 nitrogen and oxygen atoms in total. The van der Waals surface area contributed by atoms with Gasteiger partial charge < -0.3 is 15.6 Å². The number of hydrogen-bond donors (Lipinski definition) is 4. The summed E-state index contributed by atoms with van der Waals surface area (Å²) >= 11 is 6.47. The van der Waals surface area contributed by atoms with E-state index in [-0.39, 0.29) is 17.7 Å². The van der Waals surface area contributed by atoms with Crippen LogP contribution < -0.4 is 20.9 Å². The van der Waals surface area contributed by atoms with Gasteiger partial charge in [0.2, 0.25) is 23.6 Å². The van der Waals surface area contributed by atoms with Gasteiger partial charge in [0, 0.05) is 52.0 Å². The highest BCUT2D eigenvalue weighted by Gasteiger charge is 2.70. The lowest BCUT2D eigenvalue weighted by Crippen LogP contribution is -2.53. The van der Waals surface area contributed by atoms with Crippen LogP contribution >= 0.6 is 11.6 Å². The van der Waals surface area contributed by atoms with E-state index in [9.17, 15) is 19.2 Å². The minimum atomic E-state index is -1.47. The van der Waals surface area contributed by atoms with Crippen molar-refractivity contribution < 1.29 is 19.2 Å². The number of rotatable bonds is 4. The highest BCUT2D eigenvalue weighted by Crippen LogP contribution is 2.55. The van der Waals surface area contributed by atoms with Gasteiger partial charge in [-0.1, -0.05) is 29.8 Å². The van der Waals surface area contributed by atoms with Crippen molar-refractivity contribution in [3.8, 4) is 0 Å². The Hall–Kier alpha value is -4.47. The van der Waals surface area contributed by atoms with Crippen molar-refractivity contribution in [3.05, 3.63) is 88.6 Å². The lowest BCUT2D eigenvalue weighted by Gasteiger charge is -2.29. The normalized spacial score (nSPS) is 24.7. The number of fused-ring (bicyclic) bond motifs is 5. The van der Waals surface area contributed by atoms with Crippen molar-refractivity contribution in [2.75, 3.05) is 15.5 Å². The Bertz CT molecular complexity index is 1800. The molecule has 0 radical (unpaired) electrons. The molecule has 2 fully saturated rings. The maximum Gasteiger partial charge on any atom is 0.250 e. The molecule has 206 valence electrons. The largest absolute Gasteiger partial charge is 0.361 e. The minimum Gasteiger partial charge on any atom is -0.361 e. The van der Waals surface area contributed by atoms with E-state index in [0.29, 0.717) is 34.1 Å². The number of hydrogen-bond acceptors (Lipinski definition) is 5. The standard InChI is InChI=1S/C31H26ClN5O4/c1-15-11-18(32)13-22-27(15)35-30(41)31(22)26-25(24(36-31)12-17-14-33-23-6-4-3-5-21(17)23)28(39)37(29(26)40)20-9-7-19(8-10-20)34-16(2)38/h3-11,13-14,24-26,33,36H,12H2,1-2H3,(H,34,38)(H,35,41)/t24-,25+,26-,31-/m0/s1. The van der Waals surface area contributed by atoms with Crippen LogP contribution in [0.4, 0.5) is 17.1 Å². The highest BCUT2D eigenvalue weighted by molar-refractivity contribution is 6.31. The Kier molecular flexibility index (Phi) is 5.61. The van der Waals surface area contributed by atoms with Gasteiger partial charge in [-0.25, -0.2) is 4.90 Å². The third kappa shape index (κ3) is 3.66. The van der Waals surface area contributed by atoms with Crippen molar-refractivity contribution in [2.24, 2.45) is 11.8 Å². The summed E-state index contributed by atoms with van der Waals surface area (Å²) in [5.74, 6) is -3.23. The first kappa shape index (κ1) is 25.5. The molecule has 41 heavy (non-hydrogen) atoms. The number of H-pyrrole nitrogens is 1. The molecule has 0 saturated carbocycles. The van der Waals surface area contributed by atoms with Crippen LogP contribution in [-0.4, -0.2) is 34.7 Å². The first-order valence-electron chi connectivity index (χ1n) is 13.4. The molecule has 3 aliphatic heterocycles. The zero-order valence-corrected chi connectivity index (χ0v) is 23.0. The molecule has 4 aromatic rings. The lowest BCUT2D eigenvalue weighted by molar-refractivity contribution is -0.130. The number of anilines is 3. The number of aromatic nitrogens is 1. The average Bonchev–Trinajstić information content (AvgIpc) is 3.64. The van der Waals surface area contributed by atoms with E-state index in [4.69, 9.17) is 11.6 Å². The first-order valence-corrected chi connectivity index (χ1v) is 13.8. The van der Waals surface area contributed by atoms with Gasteiger partial charge in [-0.2, -0.15) is 0 Å². The van der Waals surface area contributed by atoms with E-state index in [1.165, 1.54) is 11.8 Å². The van der Waals surface area contributed by atoms with Crippen molar-refractivity contribution >= 4 is 63.2 Å². The number of aryl methyl sites for hydroxylation is 1. The van der Waals surface area contributed by atoms with Gasteiger partial charge in [-0.05, 0) is 66.9 Å². The van der Waals surface area contributed by atoms with Crippen LogP contribution in [0.2, 0.25) is 5.02 Å². The molecule has 0 aliphatic carbocycles. The van der Waals surface area contributed by atoms with Crippen molar-refractivity contribution in [1.29, 1.82) is 0 Å². The van der Waals surface area contributed by atoms with Crippen LogP contribution in [-0.2, 0) is 31.1 Å². The van der Waals surface area contributed by atoms with Gasteiger partial charge in [0.05, 0.1) is 17.5 Å². The predicted molar refractivity (Wildman–Crippen MR) is 156 cm³/mol. The number of carbonyl (C=O) groups is 4. The van der Waals surface area contributed by atoms with Crippen molar-refractivity contribution in [1.82, 2.24) is 10.3 Å². The van der Waals surface area contributed by atoms with E-state index < -0.39 is 29.3 Å². The molecule has 0 bridgehead atoms. The number of nitrogens with zero attached hydrogens (tertiary/aromatic N) is 1. The van der Waals surface area contributed by atoms with E-state index in [0.717, 1.165) is 22.0 Å². The molecule has 7 rings (SSSR count). The summed E-state index contributed by atoms with van der Waals surface area (Å²) in [6.45, 7) is 3.26. The fraction of sp³-hybridized carbons (Fsp3) is 0.226. The number of carbonyl (C=O) groups excluding carboxylic acids is 4. The second-order valence-corrected chi connectivity index (χ2v) is 11.4. The summed E-state index contributed by atoms with van der Waals surface area (Å²) in [6, 6.07) is 17.4. The Labute approximate surface area is 240 Å². The molecule has 4 atom stereocenters. The number of imide groups is 1. The Balaban J connectivity index is 1.35. The van der Waals surface area contributed by atoms with Crippen LogP contribution in [0.5, 0.6) is 0 Å². The lowest BCUT2D eigenvalue weighted by atomic mass is 9.76. The summed E-state index contributed by atoms with van der Waals surface area (Å²) in [5.41, 5.74) is 3.36. The number of amides is 4. The van der Waals surface area contributed by atoms with Crippen molar-refractivity contribution in [2.45, 2.75) is 31.8 Å². The molecule has 3 aliphatic rings. The smallest absolute Gasteiger partial charge is 0.250 e. The Morgan fingerprint density at radius 2 is 1.80 bits per heavy atom. The predicted octanol–water partition coefficient (Wildman–Crippen LogP) is 4.26. The first-order chi connectivity index (χ1) is 19.7.